The molecule has 27 heavy (non-hydrogen) atoms. The minimum atomic E-state index is 0.339. The molecule has 6 nitrogen and oxygen atoms in total. The van der Waals surface area contributed by atoms with Gasteiger partial charge in [0.15, 0.2) is 5.65 Å². The molecule has 4 rings (SSSR count). The number of aromatic nitrogens is 4. The number of hydrogen-bond donors (Lipinski definition) is 1. The fourth-order valence-electron chi connectivity index (χ4n) is 4.00. The van der Waals surface area contributed by atoms with Gasteiger partial charge in [0.25, 0.3) is 0 Å². The summed E-state index contributed by atoms with van der Waals surface area (Å²) in [5.41, 5.74) is 2.23. The first-order valence-electron chi connectivity index (χ1n) is 9.91. The number of aryl methyl sites for hydroxylation is 2. The van der Waals surface area contributed by atoms with Crippen molar-refractivity contribution >= 4 is 16.9 Å². The molecule has 1 aliphatic heterocycles. The molecule has 0 aliphatic carbocycles. The minimum Gasteiger partial charge on any atom is -0.367 e. The van der Waals surface area contributed by atoms with Crippen molar-refractivity contribution in [1.29, 1.82) is 0 Å². The molecule has 0 unspecified atom stereocenters. The highest BCUT2D eigenvalue weighted by Crippen LogP contribution is 2.26. The average Bonchev–Trinajstić information content (AvgIpc) is 2.89. The van der Waals surface area contributed by atoms with Crippen molar-refractivity contribution in [3.05, 3.63) is 47.9 Å². The summed E-state index contributed by atoms with van der Waals surface area (Å²) in [5, 5.41) is 8.94. The zero-order valence-corrected chi connectivity index (χ0v) is 16.2. The standard InChI is InChI=1S/C21H28N6/c1-16-24-20(18-14-23-26(2)21(18)25-16)22-15-19(17-10-6-5-7-11-17)27-12-8-3-4-9-13-27/h5-7,10-11,14,19H,3-4,8-9,12-13,15H2,1-2H3,(H,22,24,25)/t19-/m1/s1. The average molecular weight is 364 g/mol. The smallest absolute Gasteiger partial charge is 0.163 e. The van der Waals surface area contributed by atoms with Gasteiger partial charge in [0, 0.05) is 13.6 Å². The molecule has 1 fully saturated rings. The van der Waals surface area contributed by atoms with Crippen LogP contribution >= 0.6 is 0 Å². The molecule has 1 N–H and O–H groups in total. The topological polar surface area (TPSA) is 58.9 Å². The Balaban J connectivity index is 1.60. The highest BCUT2D eigenvalue weighted by Gasteiger charge is 2.22. The summed E-state index contributed by atoms with van der Waals surface area (Å²) < 4.78 is 1.80. The predicted octanol–water partition coefficient (Wildman–Crippen LogP) is 3.70. The van der Waals surface area contributed by atoms with E-state index in [0.717, 1.165) is 42.3 Å². The summed E-state index contributed by atoms with van der Waals surface area (Å²) in [4.78, 5) is 11.8. The quantitative estimate of drug-likeness (QED) is 0.748. The van der Waals surface area contributed by atoms with Crippen LogP contribution in [-0.2, 0) is 7.05 Å². The van der Waals surface area contributed by atoms with E-state index in [2.05, 4.69) is 55.6 Å². The Kier molecular flexibility index (Phi) is 5.34. The summed E-state index contributed by atoms with van der Waals surface area (Å²) in [7, 11) is 1.92. The molecule has 1 saturated heterocycles. The van der Waals surface area contributed by atoms with Gasteiger partial charge in [-0.15, -0.1) is 0 Å². The van der Waals surface area contributed by atoms with Gasteiger partial charge >= 0.3 is 0 Å². The number of nitrogens with zero attached hydrogens (tertiary/aromatic N) is 5. The van der Waals surface area contributed by atoms with Crippen LogP contribution in [0.2, 0.25) is 0 Å². The van der Waals surface area contributed by atoms with Gasteiger partial charge in [0.2, 0.25) is 0 Å². The number of rotatable bonds is 5. The second-order valence-electron chi connectivity index (χ2n) is 7.38. The summed E-state index contributed by atoms with van der Waals surface area (Å²) in [6.07, 6.45) is 7.09. The van der Waals surface area contributed by atoms with Crippen LogP contribution in [-0.4, -0.2) is 44.3 Å². The lowest BCUT2D eigenvalue weighted by Gasteiger charge is -2.31. The van der Waals surface area contributed by atoms with E-state index in [1.807, 2.05) is 20.2 Å². The molecular weight excluding hydrogens is 336 g/mol. The van der Waals surface area contributed by atoms with Gasteiger partial charge in [0.05, 0.1) is 17.6 Å². The maximum atomic E-state index is 4.65. The van der Waals surface area contributed by atoms with Crippen LogP contribution in [0.1, 0.15) is 43.1 Å². The Morgan fingerprint density at radius 2 is 1.78 bits per heavy atom. The fraction of sp³-hybridized carbons (Fsp3) is 0.476. The van der Waals surface area contributed by atoms with E-state index < -0.39 is 0 Å². The molecule has 3 heterocycles. The fourth-order valence-corrected chi connectivity index (χ4v) is 4.00. The highest BCUT2D eigenvalue weighted by molar-refractivity contribution is 5.86. The van der Waals surface area contributed by atoms with Crippen molar-refractivity contribution in [2.24, 2.45) is 7.05 Å². The first-order valence-corrected chi connectivity index (χ1v) is 9.91. The monoisotopic (exact) mass is 364 g/mol. The van der Waals surface area contributed by atoms with Gasteiger partial charge in [-0.05, 0) is 38.4 Å². The minimum absolute atomic E-state index is 0.339. The summed E-state index contributed by atoms with van der Waals surface area (Å²) in [6.45, 7) is 5.07. The van der Waals surface area contributed by atoms with Gasteiger partial charge in [-0.25, -0.2) is 9.97 Å². The van der Waals surface area contributed by atoms with Crippen molar-refractivity contribution < 1.29 is 0 Å². The number of hydrogen-bond acceptors (Lipinski definition) is 5. The van der Waals surface area contributed by atoms with E-state index in [4.69, 9.17) is 0 Å². The molecule has 3 aromatic rings. The highest BCUT2D eigenvalue weighted by atomic mass is 15.3. The van der Waals surface area contributed by atoms with Crippen LogP contribution in [0.4, 0.5) is 5.82 Å². The number of fused-ring (bicyclic) bond motifs is 1. The first kappa shape index (κ1) is 17.9. The SMILES string of the molecule is Cc1nc(NC[C@H](c2ccccc2)N2CCCCCC2)c2cnn(C)c2n1. The van der Waals surface area contributed by atoms with Crippen molar-refractivity contribution in [2.45, 2.75) is 38.6 Å². The lowest BCUT2D eigenvalue weighted by Crippen LogP contribution is -2.34. The molecule has 0 bridgehead atoms. The third-order valence-corrected chi connectivity index (χ3v) is 5.43. The van der Waals surface area contributed by atoms with E-state index in [0.29, 0.717) is 6.04 Å². The number of benzene rings is 1. The number of nitrogens with one attached hydrogen (secondary N) is 1. The van der Waals surface area contributed by atoms with E-state index in [-0.39, 0.29) is 0 Å². The zero-order valence-electron chi connectivity index (χ0n) is 16.2. The largest absolute Gasteiger partial charge is 0.367 e. The first-order chi connectivity index (χ1) is 13.2. The summed E-state index contributed by atoms with van der Waals surface area (Å²) in [6, 6.07) is 11.2. The van der Waals surface area contributed by atoms with Gasteiger partial charge in [-0.1, -0.05) is 43.2 Å². The van der Waals surface area contributed by atoms with Crippen molar-refractivity contribution in [1.82, 2.24) is 24.6 Å². The summed E-state index contributed by atoms with van der Waals surface area (Å²) >= 11 is 0. The maximum absolute atomic E-state index is 4.65. The third kappa shape index (κ3) is 3.95. The van der Waals surface area contributed by atoms with Crippen LogP contribution in [0.15, 0.2) is 36.5 Å². The van der Waals surface area contributed by atoms with Crippen molar-refractivity contribution in [3.8, 4) is 0 Å². The molecule has 0 amide bonds. The molecule has 1 aliphatic rings. The Labute approximate surface area is 160 Å². The number of anilines is 1. The lowest BCUT2D eigenvalue weighted by atomic mass is 10.0. The van der Waals surface area contributed by atoms with Crippen molar-refractivity contribution in [3.63, 3.8) is 0 Å². The third-order valence-electron chi connectivity index (χ3n) is 5.43. The zero-order chi connectivity index (χ0) is 18.6. The van der Waals surface area contributed by atoms with E-state index in [9.17, 15) is 0 Å². The molecule has 0 saturated carbocycles. The molecule has 1 atom stereocenters. The van der Waals surface area contributed by atoms with Crippen LogP contribution in [0.3, 0.4) is 0 Å². The second-order valence-corrected chi connectivity index (χ2v) is 7.38. The lowest BCUT2D eigenvalue weighted by molar-refractivity contribution is 0.213. The van der Waals surface area contributed by atoms with Gasteiger partial charge in [-0.3, -0.25) is 9.58 Å². The molecule has 0 radical (unpaired) electrons. The Bertz CT molecular complexity index is 880. The molecule has 2 aromatic heterocycles. The second kappa shape index (κ2) is 8.05. The van der Waals surface area contributed by atoms with Gasteiger partial charge in [-0.2, -0.15) is 5.10 Å². The molecule has 6 heteroatoms. The molecule has 1 aromatic carbocycles. The summed E-state index contributed by atoms with van der Waals surface area (Å²) in [5.74, 6) is 1.64. The van der Waals surface area contributed by atoms with E-state index in [1.165, 1.54) is 31.2 Å². The van der Waals surface area contributed by atoms with Gasteiger partial charge < -0.3 is 5.32 Å². The van der Waals surface area contributed by atoms with Crippen LogP contribution < -0.4 is 5.32 Å². The molecular formula is C21H28N6. The Morgan fingerprint density at radius 1 is 1.04 bits per heavy atom. The Morgan fingerprint density at radius 3 is 2.52 bits per heavy atom. The van der Waals surface area contributed by atoms with Crippen LogP contribution in [0.5, 0.6) is 0 Å². The van der Waals surface area contributed by atoms with E-state index >= 15 is 0 Å². The molecule has 0 spiro atoms. The molecule has 142 valence electrons. The predicted molar refractivity (Wildman–Crippen MR) is 109 cm³/mol. The number of likely N-dealkylation sites (tertiary alicyclic amines) is 1. The van der Waals surface area contributed by atoms with Crippen LogP contribution in [0, 0.1) is 6.92 Å². The van der Waals surface area contributed by atoms with E-state index in [1.54, 1.807) is 4.68 Å². The maximum Gasteiger partial charge on any atom is 0.163 e. The van der Waals surface area contributed by atoms with Crippen LogP contribution in [0.25, 0.3) is 11.0 Å². The van der Waals surface area contributed by atoms with Gasteiger partial charge in [0.1, 0.15) is 11.6 Å². The van der Waals surface area contributed by atoms with Crippen molar-refractivity contribution in [2.75, 3.05) is 25.0 Å². The Hall–Kier alpha value is -2.47. The normalized spacial score (nSPS) is 17.0.